The Morgan fingerprint density at radius 1 is 1.24 bits per heavy atom. The van der Waals surface area contributed by atoms with Crippen molar-refractivity contribution >= 4 is 0 Å². The molecule has 1 aromatic carbocycles. The van der Waals surface area contributed by atoms with E-state index < -0.39 is 0 Å². The molecule has 1 saturated carbocycles. The molecule has 0 radical (unpaired) electrons. The second-order valence-electron chi connectivity index (χ2n) is 6.02. The zero-order valence-electron chi connectivity index (χ0n) is 11.6. The van der Waals surface area contributed by atoms with Crippen LogP contribution in [0.3, 0.4) is 0 Å². The van der Waals surface area contributed by atoms with Crippen LogP contribution in [0.2, 0.25) is 0 Å². The van der Waals surface area contributed by atoms with Gasteiger partial charge in [-0.2, -0.15) is 0 Å². The molecule has 0 amide bonds. The third-order valence-electron chi connectivity index (χ3n) is 4.80. The van der Waals surface area contributed by atoms with E-state index in [1.54, 1.807) is 0 Å². The van der Waals surface area contributed by atoms with E-state index in [1.165, 1.54) is 29.5 Å². The summed E-state index contributed by atoms with van der Waals surface area (Å²) in [6, 6.07) is 6.71. The minimum atomic E-state index is -0.116. The highest BCUT2D eigenvalue weighted by molar-refractivity contribution is 5.36. The molecule has 1 aliphatic carbocycles. The molecule has 2 rings (SSSR count). The molecule has 1 nitrogen and oxygen atoms in total. The number of hydrogen-bond acceptors (Lipinski definition) is 1. The van der Waals surface area contributed by atoms with Crippen molar-refractivity contribution in [3.63, 3.8) is 0 Å². The highest BCUT2D eigenvalue weighted by Crippen LogP contribution is 2.43. The van der Waals surface area contributed by atoms with Gasteiger partial charge in [0, 0.05) is 5.54 Å². The number of benzene rings is 1. The van der Waals surface area contributed by atoms with Crippen molar-refractivity contribution in [2.24, 2.45) is 17.6 Å². The summed E-state index contributed by atoms with van der Waals surface area (Å²) in [6.07, 6.45) is 3.71. The molecular weight excluding hydrogens is 206 g/mol. The lowest BCUT2D eigenvalue weighted by Crippen LogP contribution is -2.48. The highest BCUT2D eigenvalue weighted by Gasteiger charge is 2.40. The van der Waals surface area contributed by atoms with E-state index in [0.717, 1.165) is 12.3 Å². The molecule has 94 valence electrons. The SMILES string of the molecule is Cc1ccc(C2(N)CCCC(C)C2C)c(C)c1. The number of rotatable bonds is 1. The maximum atomic E-state index is 6.77. The first kappa shape index (κ1) is 12.6. The van der Waals surface area contributed by atoms with Crippen LogP contribution in [-0.2, 0) is 5.54 Å². The van der Waals surface area contributed by atoms with Gasteiger partial charge in [-0.25, -0.2) is 0 Å². The molecule has 1 aliphatic rings. The normalized spacial score (nSPS) is 33.7. The van der Waals surface area contributed by atoms with E-state index in [4.69, 9.17) is 5.73 Å². The Morgan fingerprint density at radius 3 is 2.59 bits per heavy atom. The summed E-state index contributed by atoms with van der Waals surface area (Å²) in [4.78, 5) is 0. The van der Waals surface area contributed by atoms with Gasteiger partial charge in [0.05, 0.1) is 0 Å². The summed E-state index contributed by atoms with van der Waals surface area (Å²) in [6.45, 7) is 9.01. The quantitative estimate of drug-likeness (QED) is 0.779. The predicted octanol–water partition coefficient (Wildman–Crippen LogP) is 3.91. The second-order valence-corrected chi connectivity index (χ2v) is 6.02. The molecule has 0 aromatic heterocycles. The lowest BCUT2D eigenvalue weighted by Gasteiger charge is -2.44. The van der Waals surface area contributed by atoms with Crippen LogP contribution in [0.25, 0.3) is 0 Å². The molecule has 3 atom stereocenters. The first-order valence-electron chi connectivity index (χ1n) is 6.82. The smallest absolute Gasteiger partial charge is 0.0440 e. The van der Waals surface area contributed by atoms with Gasteiger partial charge in [-0.1, -0.05) is 50.5 Å². The minimum Gasteiger partial charge on any atom is -0.321 e. The van der Waals surface area contributed by atoms with Gasteiger partial charge in [-0.3, -0.25) is 0 Å². The topological polar surface area (TPSA) is 26.0 Å². The molecule has 0 bridgehead atoms. The summed E-state index contributed by atoms with van der Waals surface area (Å²) >= 11 is 0. The number of aryl methyl sites for hydroxylation is 2. The third kappa shape index (κ3) is 2.13. The van der Waals surface area contributed by atoms with Crippen molar-refractivity contribution in [1.82, 2.24) is 0 Å². The van der Waals surface area contributed by atoms with Crippen LogP contribution in [0.5, 0.6) is 0 Å². The average Bonchev–Trinajstić information content (AvgIpc) is 2.25. The zero-order valence-corrected chi connectivity index (χ0v) is 11.6. The first-order chi connectivity index (χ1) is 7.95. The van der Waals surface area contributed by atoms with E-state index in [1.807, 2.05) is 0 Å². The molecule has 0 spiro atoms. The van der Waals surface area contributed by atoms with Gasteiger partial charge in [0.2, 0.25) is 0 Å². The van der Waals surface area contributed by atoms with Crippen molar-refractivity contribution in [3.8, 4) is 0 Å². The average molecular weight is 231 g/mol. The van der Waals surface area contributed by atoms with Gasteiger partial charge in [0.25, 0.3) is 0 Å². The molecule has 2 N–H and O–H groups in total. The molecule has 3 unspecified atom stereocenters. The molecular formula is C16H25N. The molecule has 1 fully saturated rings. The first-order valence-corrected chi connectivity index (χ1v) is 6.82. The summed E-state index contributed by atoms with van der Waals surface area (Å²) < 4.78 is 0. The summed E-state index contributed by atoms with van der Waals surface area (Å²) in [5.74, 6) is 1.30. The van der Waals surface area contributed by atoms with Crippen LogP contribution in [0.4, 0.5) is 0 Å². The van der Waals surface area contributed by atoms with Crippen LogP contribution in [0.15, 0.2) is 18.2 Å². The molecule has 1 aromatic rings. The van der Waals surface area contributed by atoms with Crippen LogP contribution >= 0.6 is 0 Å². The lowest BCUT2D eigenvalue weighted by atomic mass is 9.65. The summed E-state index contributed by atoms with van der Waals surface area (Å²) in [7, 11) is 0. The minimum absolute atomic E-state index is 0.116. The van der Waals surface area contributed by atoms with Crippen LogP contribution in [-0.4, -0.2) is 0 Å². The number of hydrogen-bond donors (Lipinski definition) is 1. The Kier molecular flexibility index (Phi) is 3.31. The zero-order chi connectivity index (χ0) is 12.6. The largest absolute Gasteiger partial charge is 0.321 e. The number of nitrogens with two attached hydrogens (primary N) is 1. The second kappa shape index (κ2) is 4.45. The van der Waals surface area contributed by atoms with Crippen LogP contribution < -0.4 is 5.73 Å². The van der Waals surface area contributed by atoms with E-state index in [-0.39, 0.29) is 5.54 Å². The Balaban J connectivity index is 2.42. The van der Waals surface area contributed by atoms with Gasteiger partial charge in [0.1, 0.15) is 0 Å². The van der Waals surface area contributed by atoms with E-state index in [2.05, 4.69) is 45.9 Å². The van der Waals surface area contributed by atoms with E-state index >= 15 is 0 Å². The molecule has 1 heteroatoms. The Labute approximate surface area is 105 Å². The fraction of sp³-hybridized carbons (Fsp3) is 0.625. The van der Waals surface area contributed by atoms with Crippen molar-refractivity contribution in [2.45, 2.75) is 52.5 Å². The van der Waals surface area contributed by atoms with Gasteiger partial charge in [-0.05, 0) is 43.2 Å². The van der Waals surface area contributed by atoms with Gasteiger partial charge >= 0.3 is 0 Å². The Morgan fingerprint density at radius 2 is 1.94 bits per heavy atom. The predicted molar refractivity (Wildman–Crippen MR) is 74.0 cm³/mol. The fourth-order valence-electron chi connectivity index (χ4n) is 3.42. The Hall–Kier alpha value is -0.820. The van der Waals surface area contributed by atoms with Gasteiger partial charge < -0.3 is 5.73 Å². The maximum Gasteiger partial charge on any atom is 0.0440 e. The van der Waals surface area contributed by atoms with Crippen molar-refractivity contribution < 1.29 is 0 Å². The monoisotopic (exact) mass is 231 g/mol. The fourth-order valence-corrected chi connectivity index (χ4v) is 3.42. The summed E-state index contributed by atoms with van der Waals surface area (Å²) in [5, 5.41) is 0. The van der Waals surface area contributed by atoms with Crippen LogP contribution in [0.1, 0.15) is 49.8 Å². The Bertz CT molecular complexity index is 410. The van der Waals surface area contributed by atoms with Crippen molar-refractivity contribution in [2.75, 3.05) is 0 Å². The standard InChI is InChI=1S/C16H25N/c1-11-7-8-15(13(3)10-11)16(17)9-5-6-12(2)14(16)4/h7-8,10,12,14H,5-6,9,17H2,1-4H3. The summed E-state index contributed by atoms with van der Waals surface area (Å²) in [5.41, 5.74) is 10.7. The van der Waals surface area contributed by atoms with Crippen molar-refractivity contribution in [3.05, 3.63) is 34.9 Å². The van der Waals surface area contributed by atoms with Crippen LogP contribution in [0, 0.1) is 25.7 Å². The highest BCUT2D eigenvalue weighted by atomic mass is 14.8. The third-order valence-corrected chi connectivity index (χ3v) is 4.80. The molecule has 0 aliphatic heterocycles. The van der Waals surface area contributed by atoms with E-state index in [0.29, 0.717) is 5.92 Å². The molecule has 0 heterocycles. The van der Waals surface area contributed by atoms with Gasteiger partial charge in [0.15, 0.2) is 0 Å². The maximum absolute atomic E-state index is 6.77. The van der Waals surface area contributed by atoms with E-state index in [9.17, 15) is 0 Å². The molecule has 17 heavy (non-hydrogen) atoms. The molecule has 0 saturated heterocycles. The van der Waals surface area contributed by atoms with Crippen molar-refractivity contribution in [1.29, 1.82) is 0 Å². The lowest BCUT2D eigenvalue weighted by molar-refractivity contribution is 0.143. The van der Waals surface area contributed by atoms with Gasteiger partial charge in [-0.15, -0.1) is 0 Å².